The number of carboxylic acids is 2. The van der Waals surface area contributed by atoms with E-state index in [9.17, 15) is 14.7 Å². The molecule has 0 radical (unpaired) electrons. The van der Waals surface area contributed by atoms with Crippen LogP contribution in [0.2, 0.25) is 0 Å². The average molecular weight is 294 g/mol. The molecular weight excluding hydrogens is 268 g/mol. The number of carbonyl (C=O) groups is 2. The fourth-order valence-electron chi connectivity index (χ4n) is 4.33. The van der Waals surface area contributed by atoms with Crippen LogP contribution in [0.5, 0.6) is 0 Å². The molecule has 2 N–H and O–H groups in total. The molecule has 118 valence electrons. The van der Waals surface area contributed by atoms with Gasteiger partial charge in [-0.25, -0.2) is 0 Å². The highest BCUT2D eigenvalue weighted by Gasteiger charge is 2.52. The van der Waals surface area contributed by atoms with Crippen molar-refractivity contribution >= 4 is 11.9 Å². The molecule has 4 nitrogen and oxygen atoms in total. The van der Waals surface area contributed by atoms with Gasteiger partial charge >= 0.3 is 11.9 Å². The summed E-state index contributed by atoms with van der Waals surface area (Å²) in [6.45, 7) is 6.17. The van der Waals surface area contributed by atoms with Crippen LogP contribution < -0.4 is 0 Å². The van der Waals surface area contributed by atoms with Gasteiger partial charge in [-0.1, -0.05) is 25.5 Å². The lowest BCUT2D eigenvalue weighted by atomic mass is 9.51. The zero-order valence-corrected chi connectivity index (χ0v) is 13.2. The van der Waals surface area contributed by atoms with Crippen LogP contribution >= 0.6 is 0 Å². The van der Waals surface area contributed by atoms with Crippen molar-refractivity contribution < 1.29 is 19.8 Å². The summed E-state index contributed by atoms with van der Waals surface area (Å²) in [6.07, 6.45) is 6.28. The summed E-state index contributed by atoms with van der Waals surface area (Å²) in [5, 5.41) is 18.7. The van der Waals surface area contributed by atoms with Crippen LogP contribution in [0.4, 0.5) is 0 Å². The quantitative estimate of drug-likeness (QED) is 0.775. The number of rotatable bonds is 4. The first kappa shape index (κ1) is 16.1. The minimum absolute atomic E-state index is 0.0544. The van der Waals surface area contributed by atoms with Crippen molar-refractivity contribution in [2.45, 2.75) is 59.3 Å². The SMILES string of the molecule is C[C@@H]1CC[C@@H]2C(=CCC[C@]2(C)C(=O)O)[C@@]1(C)CCC(=O)O. The van der Waals surface area contributed by atoms with E-state index in [1.165, 1.54) is 5.57 Å². The Kier molecular flexibility index (Phi) is 4.18. The summed E-state index contributed by atoms with van der Waals surface area (Å²) in [4.78, 5) is 22.7. The number of allylic oxidation sites excluding steroid dienone is 2. The van der Waals surface area contributed by atoms with E-state index in [2.05, 4.69) is 19.9 Å². The van der Waals surface area contributed by atoms with E-state index in [4.69, 9.17) is 5.11 Å². The van der Waals surface area contributed by atoms with Gasteiger partial charge in [0.25, 0.3) is 0 Å². The van der Waals surface area contributed by atoms with E-state index in [0.717, 1.165) is 19.3 Å². The fraction of sp³-hybridized carbons (Fsp3) is 0.765. The van der Waals surface area contributed by atoms with Crippen LogP contribution in [0, 0.1) is 22.7 Å². The summed E-state index contributed by atoms with van der Waals surface area (Å²) in [5.74, 6) is -1.04. The molecule has 0 heterocycles. The highest BCUT2D eigenvalue weighted by molar-refractivity contribution is 5.75. The van der Waals surface area contributed by atoms with Crippen LogP contribution in [0.15, 0.2) is 11.6 Å². The van der Waals surface area contributed by atoms with Crippen molar-refractivity contribution in [2.75, 3.05) is 0 Å². The highest BCUT2D eigenvalue weighted by atomic mass is 16.4. The topological polar surface area (TPSA) is 74.6 Å². The lowest BCUT2D eigenvalue weighted by Gasteiger charge is -2.52. The van der Waals surface area contributed by atoms with Crippen molar-refractivity contribution in [3.8, 4) is 0 Å². The number of carboxylic acid groups (broad SMARTS) is 2. The van der Waals surface area contributed by atoms with Crippen molar-refractivity contribution in [1.82, 2.24) is 0 Å². The number of hydrogen-bond donors (Lipinski definition) is 2. The first-order chi connectivity index (χ1) is 9.71. The monoisotopic (exact) mass is 294 g/mol. The van der Waals surface area contributed by atoms with Gasteiger partial charge in [0.1, 0.15) is 0 Å². The van der Waals surface area contributed by atoms with E-state index in [0.29, 0.717) is 18.8 Å². The van der Waals surface area contributed by atoms with Crippen LogP contribution in [0.3, 0.4) is 0 Å². The third-order valence-electron chi connectivity index (χ3n) is 6.15. The summed E-state index contributed by atoms with van der Waals surface area (Å²) in [5.41, 5.74) is 0.325. The zero-order valence-electron chi connectivity index (χ0n) is 13.2. The zero-order chi connectivity index (χ0) is 15.8. The average Bonchev–Trinajstić information content (AvgIpc) is 2.41. The molecule has 0 spiro atoms. The molecule has 0 amide bonds. The van der Waals surface area contributed by atoms with Gasteiger partial charge in [-0.2, -0.15) is 0 Å². The minimum Gasteiger partial charge on any atom is -0.481 e. The standard InChI is InChI=1S/C17H26O4/c1-11-6-7-13-12(16(11,2)10-8-14(18)19)5-4-9-17(13,3)15(20)21/h5,11,13H,4,6-10H2,1-3H3,(H,18,19)(H,20,21)/t11-,13-,16+,17+/m1/s1. The predicted molar refractivity (Wildman–Crippen MR) is 79.9 cm³/mol. The van der Waals surface area contributed by atoms with Gasteiger partial charge in [-0.3, -0.25) is 9.59 Å². The number of hydrogen-bond acceptors (Lipinski definition) is 2. The van der Waals surface area contributed by atoms with Crippen molar-refractivity contribution in [2.24, 2.45) is 22.7 Å². The van der Waals surface area contributed by atoms with Gasteiger partial charge in [-0.05, 0) is 56.3 Å². The Morgan fingerprint density at radius 3 is 2.52 bits per heavy atom. The molecule has 2 aliphatic carbocycles. The molecular formula is C17H26O4. The van der Waals surface area contributed by atoms with E-state index in [1.54, 1.807) is 0 Å². The van der Waals surface area contributed by atoms with Gasteiger partial charge < -0.3 is 10.2 Å². The Morgan fingerprint density at radius 1 is 1.29 bits per heavy atom. The second-order valence-electron chi connectivity index (χ2n) is 7.26. The Hall–Kier alpha value is -1.32. The Morgan fingerprint density at radius 2 is 1.95 bits per heavy atom. The van der Waals surface area contributed by atoms with Crippen molar-refractivity contribution in [3.63, 3.8) is 0 Å². The molecule has 1 fully saturated rings. The van der Waals surface area contributed by atoms with E-state index >= 15 is 0 Å². The molecule has 0 aromatic rings. The first-order valence-corrected chi connectivity index (χ1v) is 7.87. The van der Waals surface area contributed by atoms with E-state index < -0.39 is 17.4 Å². The molecule has 21 heavy (non-hydrogen) atoms. The van der Waals surface area contributed by atoms with Crippen molar-refractivity contribution in [3.05, 3.63) is 11.6 Å². The van der Waals surface area contributed by atoms with Gasteiger partial charge in [0.2, 0.25) is 0 Å². The van der Waals surface area contributed by atoms with E-state index in [-0.39, 0.29) is 17.8 Å². The summed E-state index contributed by atoms with van der Waals surface area (Å²) in [6, 6.07) is 0. The number of fused-ring (bicyclic) bond motifs is 1. The Bertz CT molecular complexity index is 481. The molecule has 2 rings (SSSR count). The maximum atomic E-state index is 11.8. The second-order valence-corrected chi connectivity index (χ2v) is 7.26. The molecule has 0 aliphatic heterocycles. The third kappa shape index (κ3) is 2.60. The molecule has 1 saturated carbocycles. The smallest absolute Gasteiger partial charge is 0.309 e. The Balaban J connectivity index is 2.36. The predicted octanol–water partition coefficient (Wildman–Crippen LogP) is 3.71. The van der Waals surface area contributed by atoms with E-state index in [1.807, 2.05) is 6.92 Å². The third-order valence-corrected chi connectivity index (χ3v) is 6.15. The first-order valence-electron chi connectivity index (χ1n) is 7.87. The maximum Gasteiger partial charge on any atom is 0.309 e. The van der Waals surface area contributed by atoms with Crippen LogP contribution in [0.1, 0.15) is 59.3 Å². The molecule has 4 heteroatoms. The Labute approximate surface area is 126 Å². The number of aliphatic carboxylic acids is 2. The van der Waals surface area contributed by atoms with Gasteiger partial charge in [-0.15, -0.1) is 0 Å². The maximum absolute atomic E-state index is 11.8. The highest BCUT2D eigenvalue weighted by Crippen LogP contribution is 2.58. The second kappa shape index (κ2) is 5.47. The van der Waals surface area contributed by atoms with Gasteiger partial charge in [0, 0.05) is 6.42 Å². The van der Waals surface area contributed by atoms with Gasteiger partial charge in [0.15, 0.2) is 0 Å². The van der Waals surface area contributed by atoms with Crippen LogP contribution in [0.25, 0.3) is 0 Å². The van der Waals surface area contributed by atoms with Gasteiger partial charge in [0.05, 0.1) is 5.41 Å². The van der Waals surface area contributed by atoms with Crippen molar-refractivity contribution in [1.29, 1.82) is 0 Å². The summed E-state index contributed by atoms with van der Waals surface area (Å²) < 4.78 is 0. The van der Waals surface area contributed by atoms with Crippen LogP contribution in [-0.2, 0) is 9.59 Å². The normalized spacial score (nSPS) is 39.3. The largest absolute Gasteiger partial charge is 0.481 e. The fourth-order valence-corrected chi connectivity index (χ4v) is 4.33. The summed E-state index contributed by atoms with van der Waals surface area (Å²) in [7, 11) is 0. The molecule has 0 unspecified atom stereocenters. The molecule has 0 aromatic carbocycles. The molecule has 2 aliphatic rings. The molecule has 4 atom stereocenters. The lowest BCUT2D eigenvalue weighted by molar-refractivity contribution is -0.153. The van der Waals surface area contributed by atoms with Crippen LogP contribution in [-0.4, -0.2) is 22.2 Å². The molecule has 0 aromatic heterocycles. The molecule has 0 saturated heterocycles. The lowest BCUT2D eigenvalue weighted by Crippen LogP contribution is -2.47. The summed E-state index contributed by atoms with van der Waals surface area (Å²) >= 11 is 0. The minimum atomic E-state index is -0.775. The molecule has 0 bridgehead atoms.